The monoisotopic (exact) mass is 322 g/mol. The molecule has 0 radical (unpaired) electrons. The molecule has 1 heterocycles. The Morgan fingerprint density at radius 2 is 1.96 bits per heavy atom. The Bertz CT molecular complexity index is 755. The lowest BCUT2D eigenvalue weighted by molar-refractivity contribution is -0.119. The van der Waals surface area contributed by atoms with E-state index in [1.807, 2.05) is 55.5 Å². The van der Waals surface area contributed by atoms with Crippen LogP contribution in [-0.2, 0) is 16.0 Å². The minimum absolute atomic E-state index is 0.0496. The number of hydrogen-bond donors (Lipinski definition) is 1. The Hall–Kier alpha value is -2.62. The summed E-state index contributed by atoms with van der Waals surface area (Å²) in [6.45, 7) is 2.75. The lowest BCUT2D eigenvalue weighted by Crippen LogP contribution is -2.35. The number of amides is 2. The van der Waals surface area contributed by atoms with Gasteiger partial charge in [0, 0.05) is 24.3 Å². The molecule has 4 nitrogen and oxygen atoms in total. The van der Waals surface area contributed by atoms with Crippen LogP contribution >= 0.6 is 0 Å². The third-order valence-electron chi connectivity index (χ3n) is 4.38. The molecule has 1 aliphatic rings. The van der Waals surface area contributed by atoms with Crippen molar-refractivity contribution >= 4 is 23.2 Å². The van der Waals surface area contributed by atoms with Crippen LogP contribution in [0.2, 0.25) is 0 Å². The van der Waals surface area contributed by atoms with Gasteiger partial charge in [0.2, 0.25) is 11.8 Å². The Morgan fingerprint density at radius 3 is 2.75 bits per heavy atom. The Balaban J connectivity index is 1.69. The van der Waals surface area contributed by atoms with E-state index in [0.717, 1.165) is 41.9 Å². The highest BCUT2D eigenvalue weighted by atomic mass is 16.2. The van der Waals surface area contributed by atoms with Crippen molar-refractivity contribution in [3.8, 4) is 0 Å². The maximum absolute atomic E-state index is 12.3. The molecule has 0 bridgehead atoms. The molecule has 24 heavy (non-hydrogen) atoms. The fraction of sp³-hybridized carbons (Fsp3) is 0.300. The van der Waals surface area contributed by atoms with Gasteiger partial charge in [-0.15, -0.1) is 0 Å². The van der Waals surface area contributed by atoms with E-state index in [-0.39, 0.29) is 11.8 Å². The van der Waals surface area contributed by atoms with E-state index in [2.05, 4.69) is 5.32 Å². The van der Waals surface area contributed by atoms with Gasteiger partial charge < -0.3 is 10.2 Å². The molecule has 0 saturated carbocycles. The fourth-order valence-electron chi connectivity index (χ4n) is 3.02. The second kappa shape index (κ2) is 7.30. The molecule has 3 rings (SSSR count). The number of rotatable bonds is 4. The minimum atomic E-state index is -0.0496. The minimum Gasteiger partial charge on any atom is -0.326 e. The summed E-state index contributed by atoms with van der Waals surface area (Å²) in [7, 11) is 0. The van der Waals surface area contributed by atoms with E-state index in [1.165, 1.54) is 0 Å². The van der Waals surface area contributed by atoms with Gasteiger partial charge in [-0.25, -0.2) is 0 Å². The van der Waals surface area contributed by atoms with Gasteiger partial charge in [0.1, 0.15) is 0 Å². The van der Waals surface area contributed by atoms with Crippen molar-refractivity contribution in [2.45, 2.75) is 32.6 Å². The Kier molecular flexibility index (Phi) is 4.94. The van der Waals surface area contributed by atoms with Gasteiger partial charge in [-0.3, -0.25) is 9.59 Å². The molecule has 4 heteroatoms. The maximum atomic E-state index is 12.3. The van der Waals surface area contributed by atoms with Crippen LogP contribution in [-0.4, -0.2) is 18.4 Å². The second-order valence-corrected chi connectivity index (χ2v) is 6.20. The molecule has 1 N–H and O–H groups in total. The predicted octanol–water partition coefficient (Wildman–Crippen LogP) is 3.69. The van der Waals surface area contributed by atoms with Crippen LogP contribution in [0.25, 0.3) is 0 Å². The lowest BCUT2D eigenvalue weighted by atomic mass is 10.1. The molecule has 0 unspecified atom stereocenters. The molecule has 1 fully saturated rings. The average Bonchev–Trinajstić information content (AvgIpc) is 2.57. The highest BCUT2D eigenvalue weighted by Crippen LogP contribution is 2.24. The highest BCUT2D eigenvalue weighted by Gasteiger charge is 2.19. The van der Waals surface area contributed by atoms with Crippen molar-refractivity contribution in [3.05, 3.63) is 59.7 Å². The zero-order valence-corrected chi connectivity index (χ0v) is 13.9. The molecule has 124 valence electrons. The Morgan fingerprint density at radius 1 is 1.12 bits per heavy atom. The Labute approximate surface area is 142 Å². The molecule has 2 aromatic rings. The van der Waals surface area contributed by atoms with Gasteiger partial charge in [-0.2, -0.15) is 0 Å². The smallest absolute Gasteiger partial charge is 0.228 e. The van der Waals surface area contributed by atoms with Crippen LogP contribution < -0.4 is 10.2 Å². The van der Waals surface area contributed by atoms with E-state index in [4.69, 9.17) is 0 Å². The van der Waals surface area contributed by atoms with Gasteiger partial charge in [0.15, 0.2) is 0 Å². The summed E-state index contributed by atoms with van der Waals surface area (Å²) in [6, 6.07) is 15.4. The summed E-state index contributed by atoms with van der Waals surface area (Å²) in [6.07, 6.45) is 2.93. The van der Waals surface area contributed by atoms with Crippen molar-refractivity contribution in [2.75, 3.05) is 16.8 Å². The van der Waals surface area contributed by atoms with Crippen LogP contribution in [0.1, 0.15) is 30.4 Å². The summed E-state index contributed by atoms with van der Waals surface area (Å²) in [5.41, 5.74) is 3.72. The summed E-state index contributed by atoms with van der Waals surface area (Å²) >= 11 is 0. The number of hydrogen-bond acceptors (Lipinski definition) is 2. The fourth-order valence-corrected chi connectivity index (χ4v) is 3.02. The lowest BCUT2D eigenvalue weighted by Gasteiger charge is -2.27. The molecule has 1 aliphatic heterocycles. The number of carbonyl (C=O) groups excluding carboxylic acids is 2. The molecule has 2 amide bonds. The number of aryl methyl sites for hydroxylation is 1. The molecule has 0 aromatic heterocycles. The molecule has 0 spiro atoms. The van der Waals surface area contributed by atoms with Crippen molar-refractivity contribution in [3.63, 3.8) is 0 Å². The zero-order chi connectivity index (χ0) is 16.9. The summed E-state index contributed by atoms with van der Waals surface area (Å²) in [4.78, 5) is 26.1. The van der Waals surface area contributed by atoms with Crippen LogP contribution in [0.3, 0.4) is 0 Å². The first-order chi connectivity index (χ1) is 11.6. The van der Waals surface area contributed by atoms with E-state index in [9.17, 15) is 9.59 Å². The van der Waals surface area contributed by atoms with Crippen LogP contribution in [0.15, 0.2) is 48.5 Å². The number of anilines is 2. The SMILES string of the molecule is Cc1ccccc1CC(=O)Nc1cccc(N2CCCCC2=O)c1. The topological polar surface area (TPSA) is 49.4 Å². The number of benzene rings is 2. The van der Waals surface area contributed by atoms with E-state index in [1.54, 1.807) is 4.90 Å². The van der Waals surface area contributed by atoms with Crippen LogP contribution in [0.4, 0.5) is 11.4 Å². The summed E-state index contributed by atoms with van der Waals surface area (Å²) in [5, 5.41) is 2.94. The van der Waals surface area contributed by atoms with E-state index >= 15 is 0 Å². The zero-order valence-electron chi connectivity index (χ0n) is 13.9. The first-order valence-corrected chi connectivity index (χ1v) is 8.38. The number of piperidine rings is 1. The summed E-state index contributed by atoms with van der Waals surface area (Å²) < 4.78 is 0. The molecule has 0 atom stereocenters. The molecule has 1 saturated heterocycles. The first-order valence-electron chi connectivity index (χ1n) is 8.38. The predicted molar refractivity (Wildman–Crippen MR) is 96.2 cm³/mol. The molecular weight excluding hydrogens is 300 g/mol. The van der Waals surface area contributed by atoms with Crippen LogP contribution in [0, 0.1) is 6.92 Å². The van der Waals surface area contributed by atoms with Gasteiger partial charge >= 0.3 is 0 Å². The highest BCUT2D eigenvalue weighted by molar-refractivity contribution is 5.96. The van der Waals surface area contributed by atoms with Crippen LogP contribution in [0.5, 0.6) is 0 Å². The molecule has 0 aliphatic carbocycles. The molecular formula is C20H22N2O2. The van der Waals surface area contributed by atoms with Gasteiger partial charge in [-0.05, 0) is 49.1 Å². The summed E-state index contributed by atoms with van der Waals surface area (Å²) in [5.74, 6) is 0.107. The third-order valence-corrected chi connectivity index (χ3v) is 4.38. The van der Waals surface area contributed by atoms with Crippen molar-refractivity contribution in [2.24, 2.45) is 0 Å². The second-order valence-electron chi connectivity index (χ2n) is 6.20. The van der Waals surface area contributed by atoms with Gasteiger partial charge in [-0.1, -0.05) is 30.3 Å². The number of nitrogens with one attached hydrogen (secondary N) is 1. The van der Waals surface area contributed by atoms with E-state index in [0.29, 0.717) is 12.8 Å². The molecule has 2 aromatic carbocycles. The van der Waals surface area contributed by atoms with Crippen molar-refractivity contribution in [1.82, 2.24) is 0 Å². The van der Waals surface area contributed by atoms with E-state index < -0.39 is 0 Å². The van der Waals surface area contributed by atoms with Crippen molar-refractivity contribution < 1.29 is 9.59 Å². The maximum Gasteiger partial charge on any atom is 0.228 e. The average molecular weight is 322 g/mol. The van der Waals surface area contributed by atoms with Crippen molar-refractivity contribution in [1.29, 1.82) is 0 Å². The largest absolute Gasteiger partial charge is 0.326 e. The normalized spacial score (nSPS) is 14.5. The number of nitrogens with zero attached hydrogens (tertiary/aromatic N) is 1. The number of carbonyl (C=O) groups is 2. The standard InChI is InChI=1S/C20H22N2O2/c1-15-7-2-3-8-16(15)13-19(23)21-17-9-6-10-18(14-17)22-12-5-4-11-20(22)24/h2-3,6-10,14H,4-5,11-13H2,1H3,(H,21,23). The quantitative estimate of drug-likeness (QED) is 0.933. The van der Waals surface area contributed by atoms with Gasteiger partial charge in [0.25, 0.3) is 0 Å². The van der Waals surface area contributed by atoms with Gasteiger partial charge in [0.05, 0.1) is 6.42 Å². The first kappa shape index (κ1) is 16.2. The third kappa shape index (κ3) is 3.82.